The summed E-state index contributed by atoms with van der Waals surface area (Å²) >= 11 is 1.94. The molecule has 0 amide bonds. The van der Waals surface area contributed by atoms with Gasteiger partial charge in [-0.1, -0.05) is 0 Å². The van der Waals surface area contributed by atoms with Gasteiger partial charge in [0.1, 0.15) is 5.82 Å². The Kier molecular flexibility index (Phi) is 2.93. The van der Waals surface area contributed by atoms with Crippen LogP contribution in [0, 0.1) is 0 Å². The standard InChI is InChI=1S/C10H15N3S/c1-7(11)3-12-10-2-8-5-14-6-9(8)4-13-10/h2,4,7H,3,5-6,11H2,1H3,(H,12,13). The van der Waals surface area contributed by atoms with Crippen LogP contribution in [0.5, 0.6) is 0 Å². The van der Waals surface area contributed by atoms with Crippen molar-refractivity contribution in [3.8, 4) is 0 Å². The molecule has 0 aromatic carbocycles. The molecule has 4 heteroatoms. The molecule has 0 radical (unpaired) electrons. The highest BCUT2D eigenvalue weighted by atomic mass is 32.2. The van der Waals surface area contributed by atoms with E-state index in [-0.39, 0.29) is 6.04 Å². The first kappa shape index (κ1) is 9.80. The van der Waals surface area contributed by atoms with Gasteiger partial charge in [-0.3, -0.25) is 0 Å². The Labute approximate surface area is 88.5 Å². The van der Waals surface area contributed by atoms with Gasteiger partial charge in [-0.15, -0.1) is 0 Å². The number of pyridine rings is 1. The number of nitrogens with two attached hydrogens (primary N) is 1. The number of anilines is 1. The van der Waals surface area contributed by atoms with Crippen LogP contribution in [0.2, 0.25) is 0 Å². The first-order valence-electron chi connectivity index (χ1n) is 4.80. The van der Waals surface area contributed by atoms with Gasteiger partial charge in [-0.25, -0.2) is 4.98 Å². The van der Waals surface area contributed by atoms with E-state index < -0.39 is 0 Å². The predicted molar refractivity (Wildman–Crippen MR) is 61.4 cm³/mol. The third kappa shape index (κ3) is 2.19. The molecule has 1 unspecified atom stereocenters. The second-order valence-corrected chi connectivity index (χ2v) is 4.67. The first-order chi connectivity index (χ1) is 6.75. The highest BCUT2D eigenvalue weighted by Crippen LogP contribution is 2.30. The number of rotatable bonds is 3. The van der Waals surface area contributed by atoms with E-state index in [1.54, 1.807) is 0 Å². The van der Waals surface area contributed by atoms with Crippen molar-refractivity contribution in [1.29, 1.82) is 0 Å². The normalized spacial score (nSPS) is 16.4. The summed E-state index contributed by atoms with van der Waals surface area (Å²) < 4.78 is 0. The lowest BCUT2D eigenvalue weighted by Crippen LogP contribution is -2.25. The van der Waals surface area contributed by atoms with E-state index in [2.05, 4.69) is 16.4 Å². The molecule has 1 aliphatic rings. The van der Waals surface area contributed by atoms with Crippen molar-refractivity contribution in [2.45, 2.75) is 24.5 Å². The first-order valence-corrected chi connectivity index (χ1v) is 5.96. The van der Waals surface area contributed by atoms with Gasteiger partial charge >= 0.3 is 0 Å². The van der Waals surface area contributed by atoms with E-state index in [1.165, 1.54) is 11.1 Å². The number of nitrogens with one attached hydrogen (secondary N) is 1. The Balaban J connectivity index is 2.05. The van der Waals surface area contributed by atoms with E-state index >= 15 is 0 Å². The molecule has 1 atom stereocenters. The lowest BCUT2D eigenvalue weighted by atomic mass is 10.2. The summed E-state index contributed by atoms with van der Waals surface area (Å²) in [6.45, 7) is 2.76. The van der Waals surface area contributed by atoms with Crippen LogP contribution < -0.4 is 11.1 Å². The molecule has 3 N–H and O–H groups in total. The molecule has 0 saturated carbocycles. The highest BCUT2D eigenvalue weighted by Gasteiger charge is 2.11. The molecule has 1 aromatic rings. The number of fused-ring (bicyclic) bond motifs is 1. The molecule has 0 bridgehead atoms. The molecule has 1 aromatic heterocycles. The van der Waals surface area contributed by atoms with Crippen LogP contribution in [0.1, 0.15) is 18.1 Å². The number of thioether (sulfide) groups is 1. The fraction of sp³-hybridized carbons (Fsp3) is 0.500. The quantitative estimate of drug-likeness (QED) is 0.793. The Morgan fingerprint density at radius 3 is 3.14 bits per heavy atom. The Morgan fingerprint density at radius 1 is 1.57 bits per heavy atom. The molecule has 0 saturated heterocycles. The van der Waals surface area contributed by atoms with E-state index in [9.17, 15) is 0 Å². The Morgan fingerprint density at radius 2 is 2.36 bits per heavy atom. The van der Waals surface area contributed by atoms with Crippen molar-refractivity contribution >= 4 is 17.6 Å². The van der Waals surface area contributed by atoms with Crippen molar-refractivity contribution in [2.24, 2.45) is 5.73 Å². The highest BCUT2D eigenvalue weighted by molar-refractivity contribution is 7.98. The minimum atomic E-state index is 0.166. The maximum Gasteiger partial charge on any atom is 0.126 e. The van der Waals surface area contributed by atoms with Gasteiger partial charge in [0.15, 0.2) is 0 Å². The minimum Gasteiger partial charge on any atom is -0.369 e. The average molecular weight is 209 g/mol. The zero-order chi connectivity index (χ0) is 9.97. The lowest BCUT2D eigenvalue weighted by molar-refractivity contribution is 0.777. The molecule has 0 spiro atoms. The van der Waals surface area contributed by atoms with Gasteiger partial charge in [0.05, 0.1) is 0 Å². The molecule has 3 nitrogen and oxygen atoms in total. The molecule has 2 heterocycles. The summed E-state index contributed by atoms with van der Waals surface area (Å²) in [5.74, 6) is 3.17. The number of hydrogen-bond acceptors (Lipinski definition) is 4. The van der Waals surface area contributed by atoms with Crippen molar-refractivity contribution < 1.29 is 0 Å². The lowest BCUT2D eigenvalue weighted by Gasteiger charge is -2.09. The van der Waals surface area contributed by atoms with Gasteiger partial charge < -0.3 is 11.1 Å². The van der Waals surface area contributed by atoms with Gasteiger partial charge in [0.25, 0.3) is 0 Å². The molecular weight excluding hydrogens is 194 g/mol. The van der Waals surface area contributed by atoms with Crippen LogP contribution >= 0.6 is 11.8 Å². The van der Waals surface area contributed by atoms with Gasteiger partial charge in [0.2, 0.25) is 0 Å². The summed E-state index contributed by atoms with van der Waals surface area (Å²) in [4.78, 5) is 4.34. The number of nitrogens with zero attached hydrogens (tertiary/aromatic N) is 1. The van der Waals surface area contributed by atoms with Gasteiger partial charge in [-0.2, -0.15) is 11.8 Å². The third-order valence-electron chi connectivity index (χ3n) is 2.20. The largest absolute Gasteiger partial charge is 0.369 e. The zero-order valence-corrected chi connectivity index (χ0v) is 9.10. The number of aromatic nitrogens is 1. The van der Waals surface area contributed by atoms with Crippen LogP contribution in [0.15, 0.2) is 12.3 Å². The van der Waals surface area contributed by atoms with Crippen molar-refractivity contribution in [3.63, 3.8) is 0 Å². The average Bonchev–Trinajstić information content (AvgIpc) is 2.61. The summed E-state index contributed by atoms with van der Waals surface area (Å²) in [5.41, 5.74) is 8.45. The van der Waals surface area contributed by atoms with E-state index in [1.807, 2.05) is 24.9 Å². The minimum absolute atomic E-state index is 0.166. The van der Waals surface area contributed by atoms with Crippen LogP contribution in [0.25, 0.3) is 0 Å². The van der Waals surface area contributed by atoms with Crippen LogP contribution in [0.3, 0.4) is 0 Å². The maximum absolute atomic E-state index is 5.66. The number of hydrogen-bond donors (Lipinski definition) is 2. The summed E-state index contributed by atoms with van der Waals surface area (Å²) in [6.07, 6.45) is 1.97. The molecule has 1 aliphatic heterocycles. The van der Waals surface area contributed by atoms with Crippen LogP contribution in [-0.4, -0.2) is 17.6 Å². The zero-order valence-electron chi connectivity index (χ0n) is 8.29. The third-order valence-corrected chi connectivity index (χ3v) is 3.23. The second kappa shape index (κ2) is 4.19. The summed E-state index contributed by atoms with van der Waals surface area (Å²) in [6, 6.07) is 2.30. The van der Waals surface area contributed by atoms with Crippen molar-refractivity contribution in [3.05, 3.63) is 23.4 Å². The SMILES string of the molecule is CC(N)CNc1cc2c(cn1)CSC2. The summed E-state index contributed by atoms with van der Waals surface area (Å²) in [7, 11) is 0. The fourth-order valence-electron chi connectivity index (χ4n) is 1.42. The van der Waals surface area contributed by atoms with Crippen LogP contribution in [0.4, 0.5) is 5.82 Å². The fourth-order valence-corrected chi connectivity index (χ4v) is 2.49. The Hall–Kier alpha value is -0.740. The monoisotopic (exact) mass is 209 g/mol. The molecule has 0 fully saturated rings. The van der Waals surface area contributed by atoms with Gasteiger partial charge in [0, 0.05) is 30.3 Å². The topological polar surface area (TPSA) is 50.9 Å². The van der Waals surface area contributed by atoms with Gasteiger partial charge in [-0.05, 0) is 24.1 Å². The van der Waals surface area contributed by atoms with Crippen molar-refractivity contribution in [2.75, 3.05) is 11.9 Å². The maximum atomic E-state index is 5.66. The van der Waals surface area contributed by atoms with E-state index in [0.717, 1.165) is 23.9 Å². The summed E-state index contributed by atoms with van der Waals surface area (Å²) in [5, 5.41) is 3.23. The smallest absolute Gasteiger partial charge is 0.126 e. The molecular formula is C10H15N3S. The van der Waals surface area contributed by atoms with Crippen LogP contribution in [-0.2, 0) is 11.5 Å². The predicted octanol–water partition coefficient (Wildman–Crippen LogP) is 1.59. The van der Waals surface area contributed by atoms with E-state index in [4.69, 9.17) is 5.73 Å². The Bertz CT molecular complexity index is 325. The molecule has 76 valence electrons. The molecule has 14 heavy (non-hydrogen) atoms. The van der Waals surface area contributed by atoms with E-state index in [0.29, 0.717) is 0 Å². The molecule has 0 aliphatic carbocycles. The van der Waals surface area contributed by atoms with Crippen molar-refractivity contribution in [1.82, 2.24) is 4.98 Å². The molecule has 2 rings (SSSR count). The second-order valence-electron chi connectivity index (χ2n) is 3.69.